The average Bonchev–Trinajstić information content (AvgIpc) is 2.08. The first-order valence-corrected chi connectivity index (χ1v) is 5.54. The summed E-state index contributed by atoms with van der Waals surface area (Å²) in [5.41, 5.74) is 5.23. The van der Waals surface area contributed by atoms with Crippen molar-refractivity contribution in [3.8, 4) is 0 Å². The van der Waals surface area contributed by atoms with Gasteiger partial charge in [0, 0.05) is 22.8 Å². The minimum absolute atomic E-state index is 0.222. The summed E-state index contributed by atoms with van der Waals surface area (Å²) in [7, 11) is 0. The third-order valence-electron chi connectivity index (χ3n) is 1.33. The lowest BCUT2D eigenvalue weighted by Crippen LogP contribution is -2.09. The fraction of sp³-hybridized carbons (Fsp3) is 0.250. The fourth-order valence-electron chi connectivity index (χ4n) is 0.735. The lowest BCUT2D eigenvalue weighted by molar-refractivity contribution is 1.10. The van der Waals surface area contributed by atoms with E-state index in [4.69, 9.17) is 11.1 Å². The summed E-state index contributed by atoms with van der Waals surface area (Å²) in [6.07, 6.45) is 2.36. The molecule has 1 aromatic rings. The number of thioether (sulfide) groups is 1. The molecule has 0 atom stereocenters. The van der Waals surface area contributed by atoms with E-state index in [2.05, 4.69) is 20.9 Å². The lowest BCUT2D eigenvalue weighted by Gasteiger charge is -2.01. The Morgan fingerprint density at radius 2 is 2.46 bits per heavy atom. The predicted octanol–water partition coefficient (Wildman–Crippen LogP) is 2.26. The average molecular weight is 260 g/mol. The van der Waals surface area contributed by atoms with Gasteiger partial charge in [-0.2, -0.15) is 0 Å². The summed E-state index contributed by atoms with van der Waals surface area (Å²) < 4.78 is 0.989. The van der Waals surface area contributed by atoms with Crippen LogP contribution < -0.4 is 5.73 Å². The summed E-state index contributed by atoms with van der Waals surface area (Å²) in [5.74, 6) is 1.02. The van der Waals surface area contributed by atoms with Crippen LogP contribution >= 0.6 is 27.7 Å². The molecule has 0 aliphatic rings. The van der Waals surface area contributed by atoms with E-state index in [1.54, 1.807) is 18.0 Å². The quantitative estimate of drug-likeness (QED) is 0.496. The Bertz CT molecular complexity index is 303. The van der Waals surface area contributed by atoms with Gasteiger partial charge in [-0.1, -0.05) is 0 Å². The van der Waals surface area contributed by atoms with Crippen molar-refractivity contribution in [1.82, 2.24) is 4.98 Å². The maximum atomic E-state index is 7.05. The van der Waals surface area contributed by atoms with Gasteiger partial charge in [0.05, 0.1) is 5.84 Å². The van der Waals surface area contributed by atoms with E-state index < -0.39 is 0 Å². The maximum absolute atomic E-state index is 7.05. The highest BCUT2D eigenvalue weighted by Gasteiger charge is 2.00. The van der Waals surface area contributed by atoms with E-state index in [1.807, 2.05) is 12.1 Å². The summed E-state index contributed by atoms with van der Waals surface area (Å²) in [5, 5.41) is 7.99. The van der Waals surface area contributed by atoms with Gasteiger partial charge in [0.15, 0.2) is 0 Å². The smallest absolute Gasteiger partial charge is 0.110 e. The van der Waals surface area contributed by atoms with Gasteiger partial charge >= 0.3 is 0 Å². The van der Waals surface area contributed by atoms with Crippen molar-refractivity contribution in [2.75, 3.05) is 5.75 Å². The zero-order chi connectivity index (χ0) is 9.68. The van der Waals surface area contributed by atoms with Crippen LogP contribution in [-0.2, 0) is 0 Å². The van der Waals surface area contributed by atoms with Crippen LogP contribution in [0.2, 0.25) is 0 Å². The highest BCUT2D eigenvalue weighted by atomic mass is 79.9. The molecular formula is C8H10BrN3S. The molecule has 0 radical (unpaired) electrons. The normalized spacial score (nSPS) is 9.92. The summed E-state index contributed by atoms with van der Waals surface area (Å²) in [6, 6.07) is 3.82. The highest BCUT2D eigenvalue weighted by Crippen LogP contribution is 2.24. The Hall–Kier alpha value is -0.550. The third kappa shape index (κ3) is 3.78. The van der Waals surface area contributed by atoms with Crippen molar-refractivity contribution < 1.29 is 0 Å². The molecule has 0 bridgehead atoms. The van der Waals surface area contributed by atoms with Crippen LogP contribution in [0.1, 0.15) is 6.42 Å². The van der Waals surface area contributed by atoms with Crippen molar-refractivity contribution in [2.24, 2.45) is 5.73 Å². The van der Waals surface area contributed by atoms with Crippen molar-refractivity contribution >= 4 is 33.5 Å². The first-order chi connectivity index (χ1) is 6.20. The monoisotopic (exact) mass is 259 g/mol. The van der Waals surface area contributed by atoms with Gasteiger partial charge in [-0.15, -0.1) is 11.8 Å². The zero-order valence-corrected chi connectivity index (χ0v) is 9.36. The predicted molar refractivity (Wildman–Crippen MR) is 59.2 cm³/mol. The van der Waals surface area contributed by atoms with E-state index >= 15 is 0 Å². The van der Waals surface area contributed by atoms with Crippen LogP contribution in [-0.4, -0.2) is 16.6 Å². The maximum Gasteiger partial charge on any atom is 0.110 e. The number of hydrogen-bond acceptors (Lipinski definition) is 3. The van der Waals surface area contributed by atoms with Crippen LogP contribution in [0.3, 0.4) is 0 Å². The minimum Gasteiger partial charge on any atom is -0.388 e. The van der Waals surface area contributed by atoms with Gasteiger partial charge in [-0.3, -0.25) is 5.41 Å². The van der Waals surface area contributed by atoms with E-state index in [0.29, 0.717) is 6.42 Å². The second kappa shape index (κ2) is 5.24. The number of nitrogens with two attached hydrogens (primary N) is 1. The topological polar surface area (TPSA) is 62.8 Å². The second-order valence-electron chi connectivity index (χ2n) is 2.41. The molecule has 1 rings (SSSR count). The molecule has 0 amide bonds. The van der Waals surface area contributed by atoms with E-state index in [0.717, 1.165) is 15.3 Å². The molecule has 1 heterocycles. The Labute approximate surface area is 89.8 Å². The van der Waals surface area contributed by atoms with Gasteiger partial charge in [0.2, 0.25) is 0 Å². The molecule has 70 valence electrons. The number of hydrogen-bond donors (Lipinski definition) is 2. The van der Waals surface area contributed by atoms with Gasteiger partial charge in [-0.25, -0.2) is 4.98 Å². The molecule has 0 aliphatic heterocycles. The van der Waals surface area contributed by atoms with E-state index in [9.17, 15) is 0 Å². The van der Waals surface area contributed by atoms with Crippen molar-refractivity contribution in [1.29, 1.82) is 5.41 Å². The van der Waals surface area contributed by atoms with Crippen molar-refractivity contribution in [3.63, 3.8) is 0 Å². The number of halogens is 1. The number of aromatic nitrogens is 1. The molecule has 3 N–H and O–H groups in total. The molecule has 1 aromatic heterocycles. The first kappa shape index (κ1) is 10.5. The third-order valence-corrected chi connectivity index (χ3v) is 3.24. The zero-order valence-electron chi connectivity index (χ0n) is 6.96. The van der Waals surface area contributed by atoms with Gasteiger partial charge in [0.25, 0.3) is 0 Å². The highest BCUT2D eigenvalue weighted by molar-refractivity contribution is 9.10. The summed E-state index contributed by atoms with van der Waals surface area (Å²) >= 11 is 4.99. The SMILES string of the molecule is N=C(N)CCSc1ncccc1Br. The number of amidine groups is 1. The van der Waals surface area contributed by atoms with E-state index in [-0.39, 0.29) is 5.84 Å². The number of pyridine rings is 1. The standard InChI is InChI=1S/C8H10BrN3S/c9-6-2-1-4-12-8(6)13-5-3-7(10)11/h1-2,4H,3,5H2,(H3,10,11). The van der Waals surface area contributed by atoms with Gasteiger partial charge in [-0.05, 0) is 28.1 Å². The van der Waals surface area contributed by atoms with Crippen LogP contribution in [0.5, 0.6) is 0 Å². The Balaban J connectivity index is 2.45. The number of nitrogens with one attached hydrogen (secondary N) is 1. The second-order valence-corrected chi connectivity index (χ2v) is 4.35. The van der Waals surface area contributed by atoms with Crippen LogP contribution in [0.4, 0.5) is 0 Å². The molecule has 5 heteroatoms. The van der Waals surface area contributed by atoms with Crippen molar-refractivity contribution in [3.05, 3.63) is 22.8 Å². The molecule has 0 fully saturated rings. The van der Waals surface area contributed by atoms with Gasteiger partial charge < -0.3 is 5.73 Å². The number of rotatable bonds is 4. The molecule has 0 saturated heterocycles. The van der Waals surface area contributed by atoms with Crippen LogP contribution in [0, 0.1) is 5.41 Å². The molecule has 0 saturated carbocycles. The van der Waals surface area contributed by atoms with Crippen molar-refractivity contribution in [2.45, 2.75) is 11.4 Å². The van der Waals surface area contributed by atoms with E-state index in [1.165, 1.54) is 0 Å². The molecule has 0 unspecified atom stereocenters. The molecule has 0 spiro atoms. The Morgan fingerprint density at radius 1 is 1.69 bits per heavy atom. The lowest BCUT2D eigenvalue weighted by atomic mass is 10.5. The van der Waals surface area contributed by atoms with Gasteiger partial charge in [0.1, 0.15) is 5.03 Å². The van der Waals surface area contributed by atoms with Crippen LogP contribution in [0.15, 0.2) is 27.8 Å². The fourth-order valence-corrected chi connectivity index (χ4v) is 2.19. The van der Waals surface area contributed by atoms with Crippen LogP contribution in [0.25, 0.3) is 0 Å². The molecule has 0 aliphatic carbocycles. The number of nitrogens with zero attached hydrogens (tertiary/aromatic N) is 1. The minimum atomic E-state index is 0.222. The Kier molecular flexibility index (Phi) is 4.24. The molecule has 3 nitrogen and oxygen atoms in total. The summed E-state index contributed by atoms with van der Waals surface area (Å²) in [4.78, 5) is 4.18. The molecular weight excluding hydrogens is 250 g/mol. The molecule has 13 heavy (non-hydrogen) atoms. The Morgan fingerprint density at radius 3 is 3.08 bits per heavy atom. The molecule has 0 aromatic carbocycles. The first-order valence-electron chi connectivity index (χ1n) is 3.76. The largest absolute Gasteiger partial charge is 0.388 e. The summed E-state index contributed by atoms with van der Waals surface area (Å²) in [6.45, 7) is 0.